The van der Waals surface area contributed by atoms with Crippen LogP contribution in [0.3, 0.4) is 0 Å². The SMILES string of the molecule is C#Cc1c(F)ccc2cc(O)cc(-c3cnc4c(N5CC6CCC(C5)N6)nc(OCC5(CN6CC[C@@H](F)C6)CC5)nc4c3OC)c12. The quantitative estimate of drug-likeness (QED) is 0.267. The van der Waals surface area contributed by atoms with E-state index in [2.05, 4.69) is 21.0 Å². The van der Waals surface area contributed by atoms with Crippen molar-refractivity contribution in [1.82, 2.24) is 25.2 Å². The van der Waals surface area contributed by atoms with Gasteiger partial charge in [-0.3, -0.25) is 4.90 Å². The number of benzene rings is 2. The van der Waals surface area contributed by atoms with Gasteiger partial charge in [0, 0.05) is 67.4 Å². The number of phenolic OH excluding ortho intramolecular Hbond substituents is 1. The van der Waals surface area contributed by atoms with Gasteiger partial charge in [0.05, 0.1) is 19.3 Å². The summed E-state index contributed by atoms with van der Waals surface area (Å²) < 4.78 is 41.2. The highest BCUT2D eigenvalue weighted by Crippen LogP contribution is 2.48. The molecule has 3 saturated heterocycles. The molecular formula is C35H36F2N6O3. The van der Waals surface area contributed by atoms with E-state index in [-0.39, 0.29) is 22.7 Å². The molecule has 238 valence electrons. The fourth-order valence-electron chi connectivity index (χ4n) is 7.59. The monoisotopic (exact) mass is 626 g/mol. The second kappa shape index (κ2) is 11.2. The van der Waals surface area contributed by atoms with Crippen LogP contribution in [0.15, 0.2) is 30.5 Å². The molecule has 5 heterocycles. The number of hydrogen-bond acceptors (Lipinski definition) is 9. The van der Waals surface area contributed by atoms with Crippen LogP contribution in [0.2, 0.25) is 0 Å². The molecule has 4 aromatic rings. The lowest BCUT2D eigenvalue weighted by atomic mass is 9.94. The highest BCUT2D eigenvalue weighted by Gasteiger charge is 2.46. The number of terminal acetylenes is 1. The lowest BCUT2D eigenvalue weighted by molar-refractivity contribution is 0.165. The predicted octanol–water partition coefficient (Wildman–Crippen LogP) is 4.82. The molecule has 46 heavy (non-hydrogen) atoms. The van der Waals surface area contributed by atoms with Crippen molar-refractivity contribution >= 4 is 27.6 Å². The van der Waals surface area contributed by atoms with Gasteiger partial charge in [-0.15, -0.1) is 6.42 Å². The number of methoxy groups -OCH3 is 1. The number of rotatable bonds is 8. The molecule has 11 heteroatoms. The molecular weight excluding hydrogens is 590 g/mol. The van der Waals surface area contributed by atoms with Crippen molar-refractivity contribution in [3.8, 4) is 41.0 Å². The molecule has 3 aliphatic heterocycles. The summed E-state index contributed by atoms with van der Waals surface area (Å²) in [7, 11) is 1.55. The van der Waals surface area contributed by atoms with Crippen LogP contribution in [0.5, 0.6) is 17.5 Å². The van der Waals surface area contributed by atoms with Crippen molar-refractivity contribution in [3.05, 3.63) is 41.8 Å². The average molecular weight is 627 g/mol. The van der Waals surface area contributed by atoms with Gasteiger partial charge < -0.3 is 24.8 Å². The van der Waals surface area contributed by atoms with Gasteiger partial charge >= 0.3 is 6.01 Å². The lowest BCUT2D eigenvalue weighted by Gasteiger charge is -2.34. The van der Waals surface area contributed by atoms with Gasteiger partial charge in [-0.1, -0.05) is 12.0 Å². The molecule has 0 amide bonds. The van der Waals surface area contributed by atoms with Gasteiger partial charge in [0.15, 0.2) is 11.6 Å². The maximum absolute atomic E-state index is 14.9. The van der Waals surface area contributed by atoms with Crippen molar-refractivity contribution in [2.45, 2.75) is 50.4 Å². The maximum Gasteiger partial charge on any atom is 0.319 e. The van der Waals surface area contributed by atoms with Crippen molar-refractivity contribution in [1.29, 1.82) is 0 Å². The number of anilines is 1. The van der Waals surface area contributed by atoms with Crippen molar-refractivity contribution < 1.29 is 23.4 Å². The Bertz CT molecular complexity index is 1880. The summed E-state index contributed by atoms with van der Waals surface area (Å²) in [5.41, 5.74) is 2.04. The summed E-state index contributed by atoms with van der Waals surface area (Å²) in [4.78, 5) is 19.1. The minimum atomic E-state index is -0.761. The zero-order valence-electron chi connectivity index (χ0n) is 25.7. The number of phenols is 1. The fourth-order valence-corrected chi connectivity index (χ4v) is 7.59. The van der Waals surface area contributed by atoms with Gasteiger partial charge in [0.2, 0.25) is 0 Å². The minimum absolute atomic E-state index is 0.00487. The number of nitrogens with zero attached hydrogens (tertiary/aromatic N) is 5. The summed E-state index contributed by atoms with van der Waals surface area (Å²) in [6.45, 7) is 4.02. The standard InChI is InChI=1S/C35H36F2N6O3/c1-3-25-28(37)7-4-20-12-24(44)13-26(29(20)25)27-14-38-31-30(32(27)45-2)40-34(41-33(31)43-16-22-5-6-23(17-43)39-22)46-19-35(9-10-35)18-42-11-8-21(36)15-42/h1,4,7,12-14,21-23,39,44H,5-6,8-11,15-19H2,2H3/t21-,22?,23?/m1/s1. The van der Waals surface area contributed by atoms with Crippen LogP contribution in [0.25, 0.3) is 32.9 Å². The van der Waals surface area contributed by atoms with Gasteiger partial charge in [0.25, 0.3) is 0 Å². The molecule has 1 saturated carbocycles. The Morgan fingerprint density at radius 1 is 1.09 bits per heavy atom. The molecule has 3 atom stereocenters. The number of piperazine rings is 1. The first-order valence-corrected chi connectivity index (χ1v) is 16.0. The number of halogens is 2. The zero-order valence-corrected chi connectivity index (χ0v) is 25.7. The second-order valence-corrected chi connectivity index (χ2v) is 13.3. The van der Waals surface area contributed by atoms with Crippen LogP contribution in [-0.4, -0.2) is 89.7 Å². The van der Waals surface area contributed by atoms with E-state index in [0.29, 0.717) is 76.2 Å². The third-order valence-corrected chi connectivity index (χ3v) is 10.1. The van der Waals surface area contributed by atoms with Gasteiger partial charge in [-0.25, -0.2) is 13.8 Å². The molecule has 2 aromatic heterocycles. The number of pyridine rings is 1. The molecule has 8 rings (SSSR count). The number of aromatic nitrogens is 3. The topological polar surface area (TPSA) is 95.9 Å². The summed E-state index contributed by atoms with van der Waals surface area (Å²) in [6, 6.07) is 6.92. The summed E-state index contributed by atoms with van der Waals surface area (Å²) in [6.07, 6.45) is 11.5. The summed E-state index contributed by atoms with van der Waals surface area (Å²) in [5, 5.41) is 15.4. The predicted molar refractivity (Wildman–Crippen MR) is 172 cm³/mol. The highest BCUT2D eigenvalue weighted by atomic mass is 19.1. The fraction of sp³-hybridized carbons (Fsp3) is 0.457. The zero-order chi connectivity index (χ0) is 31.6. The van der Waals surface area contributed by atoms with Crippen molar-refractivity contribution in [2.24, 2.45) is 5.41 Å². The Kier molecular flexibility index (Phi) is 7.10. The molecule has 9 nitrogen and oxygen atoms in total. The van der Waals surface area contributed by atoms with E-state index in [4.69, 9.17) is 30.8 Å². The van der Waals surface area contributed by atoms with Gasteiger partial charge in [-0.05, 0) is 61.3 Å². The van der Waals surface area contributed by atoms with E-state index in [9.17, 15) is 13.9 Å². The minimum Gasteiger partial charge on any atom is -0.508 e. The Labute approximate surface area is 265 Å². The van der Waals surface area contributed by atoms with Crippen LogP contribution >= 0.6 is 0 Å². The van der Waals surface area contributed by atoms with Crippen LogP contribution in [-0.2, 0) is 0 Å². The molecule has 2 aromatic carbocycles. The van der Waals surface area contributed by atoms with Gasteiger partial charge in [-0.2, -0.15) is 9.97 Å². The third-order valence-electron chi connectivity index (χ3n) is 10.1. The molecule has 0 radical (unpaired) electrons. The molecule has 0 spiro atoms. The first-order valence-electron chi connectivity index (χ1n) is 16.0. The largest absolute Gasteiger partial charge is 0.508 e. The Balaban J connectivity index is 1.24. The lowest BCUT2D eigenvalue weighted by Crippen LogP contribution is -2.51. The van der Waals surface area contributed by atoms with E-state index >= 15 is 0 Å². The van der Waals surface area contributed by atoms with E-state index in [1.54, 1.807) is 31.5 Å². The first-order chi connectivity index (χ1) is 22.3. The van der Waals surface area contributed by atoms with E-state index in [0.717, 1.165) is 51.9 Å². The number of fused-ring (bicyclic) bond motifs is 4. The summed E-state index contributed by atoms with van der Waals surface area (Å²) >= 11 is 0. The van der Waals surface area contributed by atoms with E-state index in [1.165, 1.54) is 6.07 Å². The van der Waals surface area contributed by atoms with Crippen LogP contribution < -0.4 is 19.7 Å². The number of hydrogen-bond donors (Lipinski definition) is 2. The molecule has 4 aliphatic rings. The Morgan fingerprint density at radius 3 is 2.59 bits per heavy atom. The molecule has 2 N–H and O–H groups in total. The number of alkyl halides is 1. The Hall–Kier alpha value is -4.27. The number of nitrogens with one attached hydrogen (secondary N) is 1. The van der Waals surface area contributed by atoms with Gasteiger partial charge in [0.1, 0.15) is 28.8 Å². The average Bonchev–Trinajstić information content (AvgIpc) is 3.57. The number of likely N-dealkylation sites (tertiary alicyclic amines) is 1. The maximum atomic E-state index is 14.9. The summed E-state index contributed by atoms with van der Waals surface area (Å²) in [5.74, 6) is 3.01. The molecule has 4 fully saturated rings. The van der Waals surface area contributed by atoms with Crippen LogP contribution in [0.1, 0.15) is 37.7 Å². The van der Waals surface area contributed by atoms with E-state index < -0.39 is 12.0 Å². The molecule has 1 aliphatic carbocycles. The molecule has 2 unspecified atom stereocenters. The normalized spacial score (nSPS) is 23.6. The molecule has 2 bridgehead atoms. The second-order valence-electron chi connectivity index (χ2n) is 13.3. The van der Waals surface area contributed by atoms with Crippen molar-refractivity contribution in [2.75, 3.05) is 51.3 Å². The number of ether oxygens (including phenoxy) is 2. The highest BCUT2D eigenvalue weighted by molar-refractivity contribution is 6.05. The van der Waals surface area contributed by atoms with Crippen LogP contribution in [0.4, 0.5) is 14.6 Å². The third kappa shape index (κ3) is 5.13. The smallest absolute Gasteiger partial charge is 0.319 e. The first kappa shape index (κ1) is 29.2. The Morgan fingerprint density at radius 2 is 1.89 bits per heavy atom. The van der Waals surface area contributed by atoms with Crippen LogP contribution in [0, 0.1) is 23.6 Å². The van der Waals surface area contributed by atoms with Crippen molar-refractivity contribution in [3.63, 3.8) is 0 Å². The van der Waals surface area contributed by atoms with E-state index in [1.807, 2.05) is 0 Å². The number of aromatic hydroxyl groups is 1.